The summed E-state index contributed by atoms with van der Waals surface area (Å²) in [4.78, 5) is 0.294. The van der Waals surface area contributed by atoms with Gasteiger partial charge in [-0.2, -0.15) is 0 Å². The topological polar surface area (TPSA) is 39.1 Å². The van der Waals surface area contributed by atoms with Crippen molar-refractivity contribution in [3.63, 3.8) is 0 Å². The largest absolute Gasteiger partial charge is 0.268 e. The number of aromatic nitrogens is 1. The number of hydrogen-bond acceptors (Lipinski definition) is 2. The summed E-state index contributed by atoms with van der Waals surface area (Å²) in [6.07, 6.45) is 1.65. The Labute approximate surface area is 143 Å². The lowest BCUT2D eigenvalue weighted by atomic mass is 10.2. The maximum Gasteiger partial charge on any atom is 0.268 e. The molecule has 0 amide bonds. The Balaban J connectivity index is 2.18. The minimum Gasteiger partial charge on any atom is -0.240 e. The maximum absolute atomic E-state index is 12.9. The van der Waals surface area contributed by atoms with Gasteiger partial charge in [-0.1, -0.05) is 48.0 Å². The van der Waals surface area contributed by atoms with Crippen LogP contribution in [-0.2, 0) is 10.0 Å². The molecule has 0 aliphatic carbocycles. The molecule has 0 aliphatic heterocycles. The van der Waals surface area contributed by atoms with E-state index in [2.05, 4.69) is 22.6 Å². The molecule has 2 aromatic carbocycles. The average molecular weight is 423 g/mol. The van der Waals surface area contributed by atoms with Gasteiger partial charge in [0.25, 0.3) is 10.0 Å². The van der Waals surface area contributed by atoms with Crippen LogP contribution in [-0.4, -0.2) is 12.4 Å². The molecule has 0 N–H and O–H groups in total. The first kappa shape index (κ1) is 15.3. The first-order chi connectivity index (χ1) is 10.5. The highest BCUT2D eigenvalue weighted by Crippen LogP contribution is 2.27. The third-order valence-electron chi connectivity index (χ3n) is 3.40. The van der Waals surface area contributed by atoms with Gasteiger partial charge in [0, 0.05) is 9.77 Å². The summed E-state index contributed by atoms with van der Waals surface area (Å²) in [5.41, 5.74) is 2.58. The monoisotopic (exact) mass is 423 g/mol. The van der Waals surface area contributed by atoms with Crippen molar-refractivity contribution in [1.29, 1.82) is 0 Å². The molecule has 3 nitrogen and oxygen atoms in total. The molecular weight excluding hydrogens is 409 g/mol. The minimum absolute atomic E-state index is 0.294. The Kier molecular flexibility index (Phi) is 4.10. The fourth-order valence-corrected chi connectivity index (χ4v) is 4.39. The molecule has 0 saturated carbocycles. The van der Waals surface area contributed by atoms with Crippen molar-refractivity contribution in [2.75, 3.05) is 0 Å². The van der Waals surface area contributed by atoms with E-state index < -0.39 is 10.0 Å². The number of hydrogen-bond donors (Lipinski definition) is 0. The van der Waals surface area contributed by atoms with Gasteiger partial charge in [-0.3, -0.25) is 0 Å². The van der Waals surface area contributed by atoms with Crippen molar-refractivity contribution in [1.82, 2.24) is 3.97 Å². The van der Waals surface area contributed by atoms with Crippen LogP contribution in [0.25, 0.3) is 11.3 Å². The van der Waals surface area contributed by atoms with E-state index in [4.69, 9.17) is 0 Å². The molecule has 0 atom stereocenters. The summed E-state index contributed by atoms with van der Waals surface area (Å²) in [6, 6.07) is 18.3. The van der Waals surface area contributed by atoms with Crippen LogP contribution >= 0.6 is 22.6 Å². The van der Waals surface area contributed by atoms with E-state index >= 15 is 0 Å². The van der Waals surface area contributed by atoms with Crippen LogP contribution < -0.4 is 0 Å². The van der Waals surface area contributed by atoms with Crippen molar-refractivity contribution in [2.24, 2.45) is 0 Å². The molecule has 0 unspecified atom stereocenters. The van der Waals surface area contributed by atoms with E-state index in [9.17, 15) is 8.42 Å². The van der Waals surface area contributed by atoms with E-state index in [1.807, 2.05) is 55.5 Å². The average Bonchev–Trinajstić information content (AvgIpc) is 2.91. The zero-order chi connectivity index (χ0) is 15.7. The van der Waals surface area contributed by atoms with Crippen LogP contribution in [0.4, 0.5) is 0 Å². The summed E-state index contributed by atoms with van der Waals surface area (Å²) in [7, 11) is -3.60. The molecule has 22 heavy (non-hydrogen) atoms. The number of rotatable bonds is 3. The standard InChI is InChI=1S/C17H14INO2S/c1-13-7-9-16(10-8-13)22(20,21)19-12-15(18)11-17(19)14-5-3-2-4-6-14/h2-12H,1H3. The second kappa shape index (κ2) is 5.89. The molecule has 112 valence electrons. The van der Waals surface area contributed by atoms with Gasteiger partial charge in [0.2, 0.25) is 0 Å². The van der Waals surface area contributed by atoms with E-state index in [0.29, 0.717) is 10.6 Å². The maximum atomic E-state index is 12.9. The van der Waals surface area contributed by atoms with Crippen LogP contribution in [0, 0.1) is 10.5 Å². The summed E-state index contributed by atoms with van der Waals surface area (Å²) < 4.78 is 28.1. The Hall–Kier alpha value is -1.60. The normalized spacial score (nSPS) is 11.5. The molecule has 5 heteroatoms. The molecule has 1 heterocycles. The Morgan fingerprint density at radius 2 is 1.59 bits per heavy atom. The zero-order valence-corrected chi connectivity index (χ0v) is 14.9. The Bertz CT molecular complexity index is 898. The summed E-state index contributed by atoms with van der Waals surface area (Å²) in [5.74, 6) is 0. The number of nitrogens with zero attached hydrogens (tertiary/aromatic N) is 1. The SMILES string of the molecule is Cc1ccc(S(=O)(=O)n2cc(I)cc2-c2ccccc2)cc1. The van der Waals surface area contributed by atoms with Crippen LogP contribution in [0.2, 0.25) is 0 Å². The zero-order valence-electron chi connectivity index (χ0n) is 11.9. The van der Waals surface area contributed by atoms with Gasteiger partial charge in [-0.25, -0.2) is 12.4 Å². The van der Waals surface area contributed by atoms with Gasteiger partial charge in [0.1, 0.15) is 0 Å². The van der Waals surface area contributed by atoms with E-state index in [1.54, 1.807) is 18.3 Å². The van der Waals surface area contributed by atoms with E-state index in [1.165, 1.54) is 3.97 Å². The minimum atomic E-state index is -3.60. The van der Waals surface area contributed by atoms with Gasteiger partial charge < -0.3 is 0 Å². The predicted molar refractivity (Wildman–Crippen MR) is 96.3 cm³/mol. The number of halogens is 1. The van der Waals surface area contributed by atoms with Crippen molar-refractivity contribution in [3.05, 3.63) is 76.0 Å². The van der Waals surface area contributed by atoms with Crippen molar-refractivity contribution >= 4 is 32.6 Å². The predicted octanol–water partition coefficient (Wildman–Crippen LogP) is 4.31. The highest BCUT2D eigenvalue weighted by atomic mass is 127. The highest BCUT2D eigenvalue weighted by molar-refractivity contribution is 14.1. The van der Waals surface area contributed by atoms with Crippen molar-refractivity contribution in [2.45, 2.75) is 11.8 Å². The first-order valence-corrected chi connectivity index (χ1v) is 9.26. The lowest BCUT2D eigenvalue weighted by Crippen LogP contribution is -2.13. The molecule has 3 aromatic rings. The van der Waals surface area contributed by atoms with Crippen LogP contribution in [0.5, 0.6) is 0 Å². The third kappa shape index (κ3) is 2.83. The molecule has 0 fully saturated rings. The van der Waals surface area contributed by atoms with E-state index in [0.717, 1.165) is 14.7 Å². The fraction of sp³-hybridized carbons (Fsp3) is 0.0588. The Morgan fingerprint density at radius 3 is 2.23 bits per heavy atom. The Morgan fingerprint density at radius 1 is 0.955 bits per heavy atom. The molecule has 1 aromatic heterocycles. The molecule has 0 saturated heterocycles. The van der Waals surface area contributed by atoms with Gasteiger partial charge >= 0.3 is 0 Å². The molecule has 0 bridgehead atoms. The molecule has 0 spiro atoms. The molecule has 3 rings (SSSR count). The van der Waals surface area contributed by atoms with Crippen LogP contribution in [0.1, 0.15) is 5.56 Å². The lowest BCUT2D eigenvalue weighted by Gasteiger charge is -2.11. The molecular formula is C17H14INO2S. The second-order valence-electron chi connectivity index (χ2n) is 5.02. The molecule has 0 radical (unpaired) electrons. The van der Waals surface area contributed by atoms with Gasteiger partial charge in [0.05, 0.1) is 10.6 Å². The summed E-state index contributed by atoms with van der Waals surface area (Å²) >= 11 is 2.13. The smallest absolute Gasteiger partial charge is 0.240 e. The van der Waals surface area contributed by atoms with Gasteiger partial charge in [-0.15, -0.1) is 0 Å². The quantitative estimate of drug-likeness (QED) is 0.590. The number of benzene rings is 2. The summed E-state index contributed by atoms with van der Waals surface area (Å²) in [5, 5.41) is 0. The second-order valence-corrected chi connectivity index (χ2v) is 8.08. The van der Waals surface area contributed by atoms with Crippen molar-refractivity contribution < 1.29 is 8.42 Å². The van der Waals surface area contributed by atoms with Gasteiger partial charge in [-0.05, 0) is 53.3 Å². The lowest BCUT2D eigenvalue weighted by molar-refractivity contribution is 0.588. The van der Waals surface area contributed by atoms with Gasteiger partial charge in [0.15, 0.2) is 0 Å². The summed E-state index contributed by atoms with van der Waals surface area (Å²) in [6.45, 7) is 1.93. The number of aryl methyl sites for hydroxylation is 1. The van der Waals surface area contributed by atoms with Crippen LogP contribution in [0.3, 0.4) is 0 Å². The van der Waals surface area contributed by atoms with E-state index in [-0.39, 0.29) is 0 Å². The van der Waals surface area contributed by atoms with Crippen molar-refractivity contribution in [3.8, 4) is 11.3 Å². The third-order valence-corrected chi connectivity index (χ3v) is 5.68. The van der Waals surface area contributed by atoms with Crippen LogP contribution in [0.15, 0.2) is 71.8 Å². The highest BCUT2D eigenvalue weighted by Gasteiger charge is 2.21. The molecule has 0 aliphatic rings. The fourth-order valence-electron chi connectivity index (χ4n) is 2.26. The first-order valence-electron chi connectivity index (χ1n) is 6.74.